The van der Waals surface area contributed by atoms with Crippen molar-refractivity contribution in [2.45, 2.75) is 6.92 Å². The molecule has 0 radical (unpaired) electrons. The molecule has 0 bridgehead atoms. The van der Waals surface area contributed by atoms with Gasteiger partial charge in [-0.05, 0) is 25.1 Å². The highest BCUT2D eigenvalue weighted by Crippen LogP contribution is 2.30. The summed E-state index contributed by atoms with van der Waals surface area (Å²) >= 11 is 0. The van der Waals surface area contributed by atoms with E-state index < -0.39 is 5.97 Å². The molecule has 0 spiro atoms. The molecule has 1 aliphatic rings. The van der Waals surface area contributed by atoms with Crippen LogP contribution in [0.15, 0.2) is 42.5 Å². The Hall–Kier alpha value is -2.82. The van der Waals surface area contributed by atoms with Crippen LogP contribution in [0.5, 0.6) is 11.5 Å². The van der Waals surface area contributed by atoms with E-state index in [2.05, 4.69) is 0 Å². The Labute approximate surface area is 133 Å². The molecule has 0 aromatic heterocycles. The van der Waals surface area contributed by atoms with Gasteiger partial charge in [0.15, 0.2) is 23.9 Å². The quantitative estimate of drug-likeness (QED) is 0.642. The number of esters is 1. The number of Topliss-reactive ketones (excluding diaryl/α,β-unsaturated/α-hetero) is 1. The molecule has 0 N–H and O–H groups in total. The molecule has 0 fully saturated rings. The third kappa shape index (κ3) is 3.51. The van der Waals surface area contributed by atoms with Crippen LogP contribution in [-0.4, -0.2) is 31.6 Å². The molecular formula is C18H16O5. The molecule has 0 atom stereocenters. The lowest BCUT2D eigenvalue weighted by Crippen LogP contribution is -2.17. The van der Waals surface area contributed by atoms with Gasteiger partial charge in [0.1, 0.15) is 13.2 Å². The Bertz CT molecular complexity index is 734. The van der Waals surface area contributed by atoms with Crippen molar-refractivity contribution in [3.8, 4) is 11.5 Å². The van der Waals surface area contributed by atoms with Crippen LogP contribution in [0.2, 0.25) is 0 Å². The van der Waals surface area contributed by atoms with Gasteiger partial charge in [-0.1, -0.05) is 29.8 Å². The van der Waals surface area contributed by atoms with E-state index in [1.807, 2.05) is 19.1 Å². The average Bonchev–Trinajstić information content (AvgIpc) is 2.59. The fraction of sp³-hybridized carbons (Fsp3) is 0.222. The first-order chi connectivity index (χ1) is 11.1. The summed E-state index contributed by atoms with van der Waals surface area (Å²) in [5.41, 5.74) is 1.91. The Kier molecular flexibility index (Phi) is 4.28. The maximum Gasteiger partial charge on any atom is 0.338 e. The summed E-state index contributed by atoms with van der Waals surface area (Å²) in [6.45, 7) is 2.58. The van der Waals surface area contributed by atoms with Gasteiger partial charge in [-0.3, -0.25) is 4.79 Å². The Morgan fingerprint density at radius 3 is 2.35 bits per heavy atom. The molecular weight excluding hydrogens is 296 g/mol. The second kappa shape index (κ2) is 6.52. The van der Waals surface area contributed by atoms with Gasteiger partial charge < -0.3 is 14.2 Å². The first-order valence-corrected chi connectivity index (χ1v) is 7.30. The highest BCUT2D eigenvalue weighted by molar-refractivity contribution is 5.99. The smallest absolute Gasteiger partial charge is 0.338 e. The SMILES string of the molecule is Cc1ccc(C(=O)COC(=O)c2ccc3c(c2)OCCO3)cc1. The average molecular weight is 312 g/mol. The minimum Gasteiger partial charge on any atom is -0.486 e. The maximum absolute atomic E-state index is 12.0. The molecule has 5 nitrogen and oxygen atoms in total. The number of carbonyl (C=O) groups excluding carboxylic acids is 2. The number of benzene rings is 2. The second-order valence-electron chi connectivity index (χ2n) is 5.22. The zero-order valence-corrected chi connectivity index (χ0v) is 12.7. The van der Waals surface area contributed by atoms with Crippen LogP contribution in [0.4, 0.5) is 0 Å². The predicted octanol–water partition coefficient (Wildman–Crippen LogP) is 2.81. The second-order valence-corrected chi connectivity index (χ2v) is 5.22. The van der Waals surface area contributed by atoms with Gasteiger partial charge in [0, 0.05) is 5.56 Å². The molecule has 118 valence electrons. The van der Waals surface area contributed by atoms with Crippen molar-refractivity contribution < 1.29 is 23.8 Å². The van der Waals surface area contributed by atoms with Gasteiger partial charge in [0.2, 0.25) is 0 Å². The topological polar surface area (TPSA) is 61.8 Å². The molecule has 0 saturated heterocycles. The normalized spacial score (nSPS) is 12.6. The van der Waals surface area contributed by atoms with Crippen LogP contribution < -0.4 is 9.47 Å². The molecule has 0 amide bonds. The Morgan fingerprint density at radius 1 is 0.957 bits per heavy atom. The molecule has 1 heterocycles. The molecule has 5 heteroatoms. The van der Waals surface area contributed by atoms with Crippen LogP contribution in [0.25, 0.3) is 0 Å². The van der Waals surface area contributed by atoms with Crippen molar-refractivity contribution in [2.75, 3.05) is 19.8 Å². The summed E-state index contributed by atoms with van der Waals surface area (Å²) in [6, 6.07) is 11.9. The minimum atomic E-state index is -0.567. The van der Waals surface area contributed by atoms with Crippen molar-refractivity contribution in [2.24, 2.45) is 0 Å². The monoisotopic (exact) mass is 312 g/mol. The van der Waals surface area contributed by atoms with Gasteiger partial charge in [-0.2, -0.15) is 0 Å². The van der Waals surface area contributed by atoms with Gasteiger partial charge in [0.05, 0.1) is 5.56 Å². The van der Waals surface area contributed by atoms with Gasteiger partial charge >= 0.3 is 5.97 Å². The molecule has 2 aromatic carbocycles. The molecule has 0 saturated carbocycles. The summed E-state index contributed by atoms with van der Waals surface area (Å²) in [5, 5.41) is 0. The summed E-state index contributed by atoms with van der Waals surface area (Å²) in [4.78, 5) is 24.1. The highest BCUT2D eigenvalue weighted by atomic mass is 16.6. The van der Waals surface area contributed by atoms with Crippen molar-refractivity contribution in [1.82, 2.24) is 0 Å². The fourth-order valence-corrected chi connectivity index (χ4v) is 2.21. The first kappa shape index (κ1) is 15.1. The van der Waals surface area contributed by atoms with E-state index in [4.69, 9.17) is 14.2 Å². The van der Waals surface area contributed by atoms with Crippen molar-refractivity contribution in [3.05, 3.63) is 59.2 Å². The number of ketones is 1. The third-order valence-electron chi connectivity index (χ3n) is 3.49. The van der Waals surface area contributed by atoms with E-state index >= 15 is 0 Å². The summed E-state index contributed by atoms with van der Waals surface area (Å²) in [6.07, 6.45) is 0. The Balaban J connectivity index is 1.63. The van der Waals surface area contributed by atoms with E-state index in [1.54, 1.807) is 30.3 Å². The van der Waals surface area contributed by atoms with E-state index in [0.29, 0.717) is 35.8 Å². The van der Waals surface area contributed by atoms with Crippen LogP contribution in [-0.2, 0) is 4.74 Å². The number of rotatable bonds is 4. The number of hydrogen-bond donors (Lipinski definition) is 0. The molecule has 3 rings (SSSR count). The lowest BCUT2D eigenvalue weighted by atomic mass is 10.1. The summed E-state index contributed by atoms with van der Waals surface area (Å²) < 4.78 is 15.9. The van der Waals surface area contributed by atoms with Gasteiger partial charge in [-0.25, -0.2) is 4.79 Å². The molecule has 1 aliphatic heterocycles. The van der Waals surface area contributed by atoms with Crippen molar-refractivity contribution >= 4 is 11.8 Å². The fourth-order valence-electron chi connectivity index (χ4n) is 2.21. The third-order valence-corrected chi connectivity index (χ3v) is 3.49. The number of aryl methyl sites for hydroxylation is 1. The molecule has 23 heavy (non-hydrogen) atoms. The van der Waals surface area contributed by atoms with Crippen LogP contribution in [0.3, 0.4) is 0 Å². The summed E-state index contributed by atoms with van der Waals surface area (Å²) in [5.74, 6) is 0.303. The molecule has 0 aliphatic carbocycles. The van der Waals surface area contributed by atoms with Crippen LogP contribution in [0.1, 0.15) is 26.3 Å². The van der Waals surface area contributed by atoms with Crippen LogP contribution >= 0.6 is 0 Å². The Morgan fingerprint density at radius 2 is 1.61 bits per heavy atom. The van der Waals surface area contributed by atoms with Gasteiger partial charge in [0.25, 0.3) is 0 Å². The van der Waals surface area contributed by atoms with Crippen molar-refractivity contribution in [3.63, 3.8) is 0 Å². The zero-order valence-electron chi connectivity index (χ0n) is 12.7. The number of ether oxygens (including phenoxy) is 3. The molecule has 2 aromatic rings. The number of fused-ring (bicyclic) bond motifs is 1. The van der Waals surface area contributed by atoms with E-state index in [-0.39, 0.29) is 12.4 Å². The number of hydrogen-bond acceptors (Lipinski definition) is 5. The minimum absolute atomic E-state index is 0.240. The van der Waals surface area contributed by atoms with E-state index in [1.165, 1.54) is 0 Å². The first-order valence-electron chi connectivity index (χ1n) is 7.30. The van der Waals surface area contributed by atoms with Crippen molar-refractivity contribution in [1.29, 1.82) is 0 Å². The standard InChI is InChI=1S/C18H16O5/c1-12-2-4-13(5-3-12)15(19)11-23-18(20)14-6-7-16-17(10-14)22-9-8-21-16/h2-7,10H,8-9,11H2,1H3. The largest absolute Gasteiger partial charge is 0.486 e. The van der Waals surface area contributed by atoms with E-state index in [0.717, 1.165) is 5.56 Å². The lowest BCUT2D eigenvalue weighted by Gasteiger charge is -2.18. The predicted molar refractivity (Wildman–Crippen MR) is 83.2 cm³/mol. The maximum atomic E-state index is 12.0. The number of carbonyl (C=O) groups is 2. The zero-order chi connectivity index (χ0) is 16.2. The van der Waals surface area contributed by atoms with E-state index in [9.17, 15) is 9.59 Å². The highest BCUT2D eigenvalue weighted by Gasteiger charge is 2.17. The molecule has 0 unspecified atom stereocenters. The summed E-state index contributed by atoms with van der Waals surface area (Å²) in [7, 11) is 0. The lowest BCUT2D eigenvalue weighted by molar-refractivity contribution is 0.0474. The van der Waals surface area contributed by atoms with Crippen LogP contribution in [0, 0.1) is 6.92 Å². The van der Waals surface area contributed by atoms with Gasteiger partial charge in [-0.15, -0.1) is 0 Å².